The van der Waals surface area contributed by atoms with Crippen molar-refractivity contribution in [2.24, 2.45) is 0 Å². The highest BCUT2D eigenvalue weighted by Crippen LogP contribution is 2.40. The topological polar surface area (TPSA) is 70.1 Å². The van der Waals surface area contributed by atoms with E-state index in [0.717, 1.165) is 40.7 Å². The van der Waals surface area contributed by atoms with E-state index in [2.05, 4.69) is 22.9 Å². The van der Waals surface area contributed by atoms with Crippen LogP contribution >= 0.6 is 15.9 Å². The van der Waals surface area contributed by atoms with Gasteiger partial charge < -0.3 is 19.6 Å². The molecule has 0 radical (unpaired) electrons. The van der Waals surface area contributed by atoms with Gasteiger partial charge in [0.15, 0.2) is 0 Å². The number of hydrogen-bond acceptors (Lipinski definition) is 5. The number of aliphatic hydroxyl groups is 1. The van der Waals surface area contributed by atoms with Crippen molar-refractivity contribution in [3.05, 3.63) is 69.2 Å². The van der Waals surface area contributed by atoms with E-state index in [1.807, 2.05) is 56.3 Å². The molecule has 1 heterocycles. The number of hydrogen-bond donors (Lipinski definition) is 1. The molecule has 0 unspecified atom stereocenters. The van der Waals surface area contributed by atoms with E-state index < -0.39 is 17.7 Å². The molecule has 1 amide bonds. The molecule has 182 valence electrons. The smallest absolute Gasteiger partial charge is 0.295 e. The number of carbonyl (C=O) groups excluding carboxylic acids is 2. The van der Waals surface area contributed by atoms with Crippen molar-refractivity contribution >= 4 is 33.4 Å². The number of unbranched alkanes of at least 4 members (excludes halogenated alkanes) is 1. The van der Waals surface area contributed by atoms with E-state index in [1.165, 1.54) is 0 Å². The van der Waals surface area contributed by atoms with Crippen molar-refractivity contribution in [2.75, 3.05) is 33.8 Å². The molecule has 1 N–H and O–H groups in total. The molecular weight excluding hydrogens is 496 g/mol. The number of ketones is 1. The summed E-state index contributed by atoms with van der Waals surface area (Å²) >= 11 is 3.49. The van der Waals surface area contributed by atoms with Crippen molar-refractivity contribution in [3.8, 4) is 5.75 Å². The van der Waals surface area contributed by atoms with Crippen LogP contribution in [0.25, 0.3) is 5.76 Å². The van der Waals surface area contributed by atoms with Gasteiger partial charge in [0, 0.05) is 16.6 Å². The maximum atomic E-state index is 13.2. The second kappa shape index (κ2) is 11.7. The molecule has 0 aliphatic carbocycles. The molecule has 0 bridgehead atoms. The van der Waals surface area contributed by atoms with E-state index in [-0.39, 0.29) is 11.3 Å². The Morgan fingerprint density at radius 2 is 1.91 bits per heavy atom. The molecule has 0 saturated carbocycles. The molecule has 0 spiro atoms. The normalized spacial score (nSPS) is 17.6. The summed E-state index contributed by atoms with van der Waals surface area (Å²) in [5.41, 5.74) is 2.19. The summed E-state index contributed by atoms with van der Waals surface area (Å²) in [7, 11) is 3.94. The van der Waals surface area contributed by atoms with Crippen LogP contribution in [-0.4, -0.2) is 60.4 Å². The lowest BCUT2D eigenvalue weighted by molar-refractivity contribution is -0.139. The van der Waals surface area contributed by atoms with Gasteiger partial charge in [0.2, 0.25) is 0 Å². The highest BCUT2D eigenvalue weighted by Gasteiger charge is 2.46. The first kappa shape index (κ1) is 26.0. The second-order valence-electron chi connectivity index (χ2n) is 8.88. The Bertz CT molecular complexity index is 1080. The first-order valence-corrected chi connectivity index (χ1v) is 12.5. The van der Waals surface area contributed by atoms with Crippen molar-refractivity contribution in [1.29, 1.82) is 0 Å². The van der Waals surface area contributed by atoms with Gasteiger partial charge in [-0.15, -0.1) is 0 Å². The van der Waals surface area contributed by atoms with E-state index in [4.69, 9.17) is 4.74 Å². The third-order valence-corrected chi connectivity index (χ3v) is 6.42. The standard InChI is InChI=1S/C27H33BrN2O4/c1-5-6-15-34-21-11-12-22(18(2)16-21)25(31)23-24(19-9-7-10-20(28)17-19)30(27(33)26(23)32)14-8-13-29(3)4/h7,9-12,16-17,24,31H,5-6,8,13-15H2,1-4H3/t24-/m0/s1. The minimum Gasteiger partial charge on any atom is -0.507 e. The molecule has 34 heavy (non-hydrogen) atoms. The SMILES string of the molecule is CCCCOc1ccc(C(O)=C2C(=O)C(=O)N(CCCN(C)C)[C@H]2c2cccc(Br)c2)c(C)c1. The maximum Gasteiger partial charge on any atom is 0.295 e. The number of ether oxygens (including phenoxy) is 1. The molecule has 3 rings (SSSR count). The van der Waals surface area contributed by atoms with Crippen LogP contribution < -0.4 is 4.74 Å². The quantitative estimate of drug-likeness (QED) is 0.196. The summed E-state index contributed by atoms with van der Waals surface area (Å²) in [6.07, 6.45) is 2.72. The van der Waals surface area contributed by atoms with Gasteiger partial charge in [-0.05, 0) is 81.9 Å². The van der Waals surface area contributed by atoms with E-state index in [1.54, 1.807) is 17.0 Å². The maximum absolute atomic E-state index is 13.2. The molecule has 1 saturated heterocycles. The van der Waals surface area contributed by atoms with Gasteiger partial charge >= 0.3 is 0 Å². The van der Waals surface area contributed by atoms with Crippen LogP contribution in [0.4, 0.5) is 0 Å². The Hall–Kier alpha value is -2.64. The zero-order valence-corrected chi connectivity index (χ0v) is 21.9. The average Bonchev–Trinajstić information content (AvgIpc) is 3.04. The number of aryl methyl sites for hydroxylation is 1. The Kier molecular flexibility index (Phi) is 8.91. The first-order chi connectivity index (χ1) is 16.2. The van der Waals surface area contributed by atoms with Gasteiger partial charge in [-0.25, -0.2) is 0 Å². The van der Waals surface area contributed by atoms with Crippen LogP contribution in [0.5, 0.6) is 5.75 Å². The van der Waals surface area contributed by atoms with Gasteiger partial charge in [-0.1, -0.05) is 41.4 Å². The lowest BCUT2D eigenvalue weighted by Gasteiger charge is -2.26. The number of aliphatic hydroxyl groups excluding tert-OH is 1. The molecule has 1 atom stereocenters. The van der Waals surface area contributed by atoms with Gasteiger partial charge in [0.25, 0.3) is 11.7 Å². The van der Waals surface area contributed by atoms with Crippen LogP contribution in [0.2, 0.25) is 0 Å². The first-order valence-electron chi connectivity index (χ1n) is 11.7. The lowest BCUT2D eigenvalue weighted by atomic mass is 9.94. The molecule has 1 fully saturated rings. The molecular formula is C27H33BrN2O4. The number of amides is 1. The summed E-state index contributed by atoms with van der Waals surface area (Å²) in [6.45, 7) is 5.80. The number of likely N-dealkylation sites (tertiary alicyclic amines) is 1. The minimum absolute atomic E-state index is 0.121. The monoisotopic (exact) mass is 528 g/mol. The van der Waals surface area contributed by atoms with Crippen LogP contribution in [-0.2, 0) is 9.59 Å². The Labute approximate surface area is 210 Å². The van der Waals surface area contributed by atoms with E-state index >= 15 is 0 Å². The molecule has 6 nitrogen and oxygen atoms in total. The highest BCUT2D eigenvalue weighted by molar-refractivity contribution is 9.10. The average molecular weight is 529 g/mol. The summed E-state index contributed by atoms with van der Waals surface area (Å²) in [6, 6.07) is 12.3. The summed E-state index contributed by atoms with van der Waals surface area (Å²) in [5.74, 6) is -0.677. The van der Waals surface area contributed by atoms with Gasteiger partial charge in [-0.2, -0.15) is 0 Å². The van der Waals surface area contributed by atoms with Crippen molar-refractivity contribution in [3.63, 3.8) is 0 Å². The summed E-state index contributed by atoms with van der Waals surface area (Å²) in [4.78, 5) is 29.9. The Balaban J connectivity index is 2.04. The zero-order chi connectivity index (χ0) is 24.8. The van der Waals surface area contributed by atoms with E-state index in [9.17, 15) is 14.7 Å². The molecule has 7 heteroatoms. The number of nitrogens with zero attached hydrogens (tertiary/aromatic N) is 2. The van der Waals surface area contributed by atoms with Crippen LogP contribution in [0, 0.1) is 6.92 Å². The highest BCUT2D eigenvalue weighted by atomic mass is 79.9. The van der Waals surface area contributed by atoms with Crippen LogP contribution in [0.3, 0.4) is 0 Å². The number of benzene rings is 2. The molecule has 1 aliphatic rings. The number of rotatable bonds is 10. The third kappa shape index (κ3) is 5.88. The van der Waals surface area contributed by atoms with Crippen molar-refractivity contribution in [1.82, 2.24) is 9.80 Å². The number of carbonyl (C=O) groups is 2. The lowest BCUT2D eigenvalue weighted by Crippen LogP contribution is -2.32. The molecule has 0 aromatic heterocycles. The largest absolute Gasteiger partial charge is 0.507 e. The fourth-order valence-electron chi connectivity index (χ4n) is 4.16. The number of Topliss-reactive ketones (excluding diaryl/α,β-unsaturated/α-hetero) is 1. The number of halogens is 1. The Morgan fingerprint density at radius 1 is 1.15 bits per heavy atom. The second-order valence-corrected chi connectivity index (χ2v) is 9.80. The fraction of sp³-hybridized carbons (Fsp3) is 0.407. The predicted molar refractivity (Wildman–Crippen MR) is 138 cm³/mol. The van der Waals surface area contributed by atoms with Crippen LogP contribution in [0.1, 0.15) is 48.9 Å². The molecule has 2 aromatic rings. The van der Waals surface area contributed by atoms with E-state index in [0.29, 0.717) is 25.1 Å². The molecule has 1 aliphatic heterocycles. The van der Waals surface area contributed by atoms with Crippen molar-refractivity contribution < 1.29 is 19.4 Å². The summed E-state index contributed by atoms with van der Waals surface area (Å²) < 4.78 is 6.62. The zero-order valence-electron chi connectivity index (χ0n) is 20.3. The van der Waals surface area contributed by atoms with Crippen molar-refractivity contribution in [2.45, 2.75) is 39.2 Å². The van der Waals surface area contributed by atoms with Crippen LogP contribution in [0.15, 0.2) is 52.5 Å². The fourth-order valence-corrected chi connectivity index (χ4v) is 4.58. The Morgan fingerprint density at radius 3 is 2.56 bits per heavy atom. The van der Waals surface area contributed by atoms with Gasteiger partial charge in [-0.3, -0.25) is 9.59 Å². The van der Waals surface area contributed by atoms with Gasteiger partial charge in [0.1, 0.15) is 11.5 Å². The third-order valence-electron chi connectivity index (χ3n) is 5.93. The molecule has 2 aromatic carbocycles. The van der Waals surface area contributed by atoms with Gasteiger partial charge in [0.05, 0.1) is 18.2 Å². The minimum atomic E-state index is -0.657. The summed E-state index contributed by atoms with van der Waals surface area (Å²) in [5, 5.41) is 11.3. The predicted octanol–water partition coefficient (Wildman–Crippen LogP) is 5.31.